The molecule has 0 saturated heterocycles. The molecule has 6 nitrogen and oxygen atoms in total. The Kier molecular flexibility index (Phi) is 3.01. The Balaban J connectivity index is 2.34. The van der Waals surface area contributed by atoms with Crippen LogP contribution in [0.3, 0.4) is 0 Å². The molecule has 0 spiro atoms. The third-order valence-electron chi connectivity index (χ3n) is 1.95. The molecule has 88 valence electrons. The van der Waals surface area contributed by atoms with Gasteiger partial charge in [-0.2, -0.15) is 0 Å². The van der Waals surface area contributed by atoms with E-state index in [-0.39, 0.29) is 11.4 Å². The van der Waals surface area contributed by atoms with Crippen molar-refractivity contribution in [1.29, 1.82) is 0 Å². The van der Waals surface area contributed by atoms with Crippen molar-refractivity contribution in [2.45, 2.75) is 17.1 Å². The van der Waals surface area contributed by atoms with E-state index in [1.54, 1.807) is 12.3 Å². The van der Waals surface area contributed by atoms with E-state index in [1.807, 2.05) is 6.92 Å². The smallest absolute Gasteiger partial charge is 0.253 e. The zero-order valence-corrected chi connectivity index (χ0v) is 9.91. The molecular weight excluding hydrogens is 238 g/mol. The highest BCUT2D eigenvalue weighted by molar-refractivity contribution is 7.99. The molecule has 2 heterocycles. The number of nitrogens with one attached hydrogen (secondary N) is 1. The van der Waals surface area contributed by atoms with Crippen LogP contribution in [0, 0.1) is 6.92 Å². The van der Waals surface area contributed by atoms with E-state index < -0.39 is 0 Å². The highest BCUT2D eigenvalue weighted by Gasteiger charge is 2.06. The maximum Gasteiger partial charge on any atom is 0.253 e. The second-order valence-electron chi connectivity index (χ2n) is 3.48. The molecule has 0 radical (unpaired) electrons. The fourth-order valence-corrected chi connectivity index (χ4v) is 2.03. The first-order valence-electron chi connectivity index (χ1n) is 4.81. The quantitative estimate of drug-likeness (QED) is 0.678. The van der Waals surface area contributed by atoms with E-state index in [9.17, 15) is 4.79 Å². The summed E-state index contributed by atoms with van der Waals surface area (Å²) in [7, 11) is 0. The minimum atomic E-state index is -0.300. The molecule has 0 bridgehead atoms. The van der Waals surface area contributed by atoms with Gasteiger partial charge in [0.15, 0.2) is 5.16 Å². The van der Waals surface area contributed by atoms with Crippen molar-refractivity contribution in [3.8, 4) is 0 Å². The molecule has 0 aliphatic heterocycles. The Morgan fingerprint density at radius 1 is 1.35 bits per heavy atom. The van der Waals surface area contributed by atoms with Gasteiger partial charge >= 0.3 is 0 Å². The molecule has 0 aliphatic carbocycles. The van der Waals surface area contributed by atoms with Crippen LogP contribution in [0.4, 0.5) is 11.5 Å². The fourth-order valence-electron chi connectivity index (χ4n) is 1.26. The van der Waals surface area contributed by atoms with Crippen LogP contribution in [0.1, 0.15) is 5.56 Å². The SMILES string of the molecule is Cc1cnc(Sc2nc(N)cc(=O)[nH]2)c(N)c1. The summed E-state index contributed by atoms with van der Waals surface area (Å²) < 4.78 is 0. The number of H-pyrrole nitrogens is 1. The number of nitrogens with two attached hydrogens (primary N) is 2. The summed E-state index contributed by atoms with van der Waals surface area (Å²) >= 11 is 1.17. The second kappa shape index (κ2) is 4.46. The Morgan fingerprint density at radius 2 is 2.12 bits per heavy atom. The lowest BCUT2D eigenvalue weighted by Gasteiger charge is -2.04. The van der Waals surface area contributed by atoms with Crippen molar-refractivity contribution in [3.63, 3.8) is 0 Å². The number of hydrogen-bond acceptors (Lipinski definition) is 6. The van der Waals surface area contributed by atoms with E-state index in [2.05, 4.69) is 15.0 Å². The van der Waals surface area contributed by atoms with Crippen molar-refractivity contribution in [2.75, 3.05) is 11.5 Å². The zero-order valence-electron chi connectivity index (χ0n) is 9.10. The Hall–Kier alpha value is -2.02. The maximum atomic E-state index is 11.2. The lowest BCUT2D eigenvalue weighted by molar-refractivity contribution is 0.940. The molecule has 0 aromatic carbocycles. The van der Waals surface area contributed by atoms with Crippen LogP contribution < -0.4 is 17.0 Å². The van der Waals surface area contributed by atoms with Crippen molar-refractivity contribution >= 4 is 23.3 Å². The topological polar surface area (TPSA) is 111 Å². The highest BCUT2D eigenvalue weighted by Crippen LogP contribution is 2.27. The lowest BCUT2D eigenvalue weighted by Crippen LogP contribution is -2.09. The summed E-state index contributed by atoms with van der Waals surface area (Å²) in [5.74, 6) is 0.168. The molecular formula is C10H11N5OS. The first-order valence-corrected chi connectivity index (χ1v) is 5.63. The summed E-state index contributed by atoms with van der Waals surface area (Å²) in [6, 6.07) is 3.02. The summed E-state index contributed by atoms with van der Waals surface area (Å²) in [4.78, 5) is 21.9. The van der Waals surface area contributed by atoms with E-state index >= 15 is 0 Å². The van der Waals surface area contributed by atoms with Crippen LogP contribution in [0.2, 0.25) is 0 Å². The molecule has 0 atom stereocenters. The highest BCUT2D eigenvalue weighted by atomic mass is 32.2. The third kappa shape index (κ3) is 2.76. The third-order valence-corrected chi connectivity index (χ3v) is 2.87. The van der Waals surface area contributed by atoms with Gasteiger partial charge in [0.1, 0.15) is 10.8 Å². The summed E-state index contributed by atoms with van der Waals surface area (Å²) in [6.07, 6.45) is 1.70. The molecule has 0 unspecified atom stereocenters. The first kappa shape index (κ1) is 11.5. The second-order valence-corrected chi connectivity index (χ2v) is 4.46. The average Bonchev–Trinajstić information content (AvgIpc) is 2.21. The normalized spacial score (nSPS) is 10.4. The summed E-state index contributed by atoms with van der Waals surface area (Å²) in [6.45, 7) is 1.90. The van der Waals surface area contributed by atoms with Gasteiger partial charge in [0, 0.05) is 12.3 Å². The van der Waals surface area contributed by atoms with Gasteiger partial charge in [-0.15, -0.1) is 0 Å². The summed E-state index contributed by atoms with van der Waals surface area (Å²) in [5.41, 5.74) is 12.5. The molecule has 2 rings (SSSR count). The van der Waals surface area contributed by atoms with E-state index in [4.69, 9.17) is 11.5 Å². The van der Waals surface area contributed by atoms with Crippen molar-refractivity contribution in [1.82, 2.24) is 15.0 Å². The van der Waals surface area contributed by atoms with Crippen LogP contribution in [-0.2, 0) is 0 Å². The number of aromatic nitrogens is 3. The van der Waals surface area contributed by atoms with Gasteiger partial charge < -0.3 is 16.5 Å². The Bertz CT molecular complexity index is 610. The van der Waals surface area contributed by atoms with Crippen LogP contribution in [0.15, 0.2) is 33.3 Å². The number of nitrogen functional groups attached to an aromatic ring is 2. The number of nitrogens with zero attached hydrogens (tertiary/aromatic N) is 2. The number of hydrogen-bond donors (Lipinski definition) is 3. The summed E-state index contributed by atoms with van der Waals surface area (Å²) in [5, 5.41) is 0.961. The minimum absolute atomic E-state index is 0.168. The fraction of sp³-hybridized carbons (Fsp3) is 0.100. The Morgan fingerprint density at radius 3 is 2.76 bits per heavy atom. The minimum Gasteiger partial charge on any atom is -0.397 e. The molecule has 0 aliphatic rings. The van der Waals surface area contributed by atoms with Gasteiger partial charge in [0.2, 0.25) is 0 Å². The van der Waals surface area contributed by atoms with Crippen LogP contribution in [-0.4, -0.2) is 15.0 Å². The monoisotopic (exact) mass is 249 g/mol. The van der Waals surface area contributed by atoms with Crippen LogP contribution in [0.25, 0.3) is 0 Å². The lowest BCUT2D eigenvalue weighted by atomic mass is 10.3. The van der Waals surface area contributed by atoms with Gasteiger partial charge in [0.05, 0.1) is 5.69 Å². The molecule has 17 heavy (non-hydrogen) atoms. The van der Waals surface area contributed by atoms with Crippen LogP contribution >= 0.6 is 11.8 Å². The Labute approximate surface area is 101 Å². The molecule has 7 heteroatoms. The standard InChI is InChI=1S/C10H11N5OS/c1-5-2-6(11)9(13-4-5)17-10-14-7(12)3-8(16)15-10/h2-4H,11H2,1H3,(H3,12,14,15,16). The van der Waals surface area contributed by atoms with Gasteiger partial charge in [-0.1, -0.05) is 0 Å². The number of pyridine rings is 1. The van der Waals surface area contributed by atoms with Gasteiger partial charge in [-0.25, -0.2) is 9.97 Å². The van der Waals surface area contributed by atoms with E-state index in [0.717, 1.165) is 5.56 Å². The van der Waals surface area contributed by atoms with Gasteiger partial charge in [-0.3, -0.25) is 4.79 Å². The molecule has 2 aromatic heterocycles. The van der Waals surface area contributed by atoms with Crippen molar-refractivity contribution in [3.05, 3.63) is 34.2 Å². The van der Waals surface area contributed by atoms with Gasteiger partial charge in [-0.05, 0) is 30.3 Å². The first-order chi connectivity index (χ1) is 8.04. The van der Waals surface area contributed by atoms with E-state index in [1.165, 1.54) is 17.8 Å². The average molecular weight is 249 g/mol. The molecule has 2 aromatic rings. The predicted octanol–water partition coefficient (Wildman–Crippen LogP) is 0.789. The van der Waals surface area contributed by atoms with E-state index in [0.29, 0.717) is 15.9 Å². The number of rotatable bonds is 2. The largest absolute Gasteiger partial charge is 0.397 e. The number of aromatic amines is 1. The maximum absolute atomic E-state index is 11.2. The van der Waals surface area contributed by atoms with Crippen molar-refractivity contribution in [2.24, 2.45) is 0 Å². The zero-order chi connectivity index (χ0) is 12.4. The molecule has 0 fully saturated rings. The number of aryl methyl sites for hydroxylation is 1. The predicted molar refractivity (Wildman–Crippen MR) is 66.8 cm³/mol. The molecule has 0 amide bonds. The molecule has 5 N–H and O–H groups in total. The van der Waals surface area contributed by atoms with Crippen LogP contribution in [0.5, 0.6) is 0 Å². The molecule has 0 saturated carbocycles. The van der Waals surface area contributed by atoms with Gasteiger partial charge in [0.25, 0.3) is 5.56 Å². The van der Waals surface area contributed by atoms with Crippen molar-refractivity contribution < 1.29 is 0 Å². The number of anilines is 2.